The maximum absolute atomic E-state index is 12.0. The van der Waals surface area contributed by atoms with Gasteiger partial charge in [-0.25, -0.2) is 9.97 Å². The first-order valence-corrected chi connectivity index (χ1v) is 6.96. The second kappa shape index (κ2) is 6.30. The Bertz CT molecular complexity index is 427. The van der Waals surface area contributed by atoms with Crippen LogP contribution in [-0.4, -0.2) is 45.9 Å². The van der Waals surface area contributed by atoms with E-state index < -0.39 is 0 Å². The number of aromatic nitrogens is 2. The normalized spacial score (nSPS) is 17.7. The van der Waals surface area contributed by atoms with Crippen LogP contribution in [-0.2, 0) is 0 Å². The lowest BCUT2D eigenvalue weighted by Crippen LogP contribution is -2.46. The highest BCUT2D eigenvalue weighted by Crippen LogP contribution is 2.13. The Hall–Kier alpha value is -1.20. The molecule has 0 aliphatic carbocycles. The molecular weight excluding hydrogens is 264 g/mol. The predicted octanol–water partition coefficient (Wildman–Crippen LogP) is 1.73. The molecule has 1 amide bonds. The Morgan fingerprint density at radius 3 is 2.58 bits per heavy atom. The molecule has 0 atom stereocenters. The number of nitrogens with one attached hydrogen (secondary N) is 1. The average molecular weight is 283 g/mol. The highest BCUT2D eigenvalue weighted by atomic mass is 35.5. The molecule has 0 aromatic carbocycles. The summed E-state index contributed by atoms with van der Waals surface area (Å²) in [6, 6.07) is 0.791. The summed E-state index contributed by atoms with van der Waals surface area (Å²) in [7, 11) is 0. The van der Waals surface area contributed by atoms with E-state index in [0.717, 1.165) is 25.9 Å². The van der Waals surface area contributed by atoms with Crippen LogP contribution in [0.4, 0.5) is 0 Å². The lowest BCUT2D eigenvalue weighted by Gasteiger charge is -2.34. The Morgan fingerprint density at radius 2 is 2.05 bits per heavy atom. The summed E-state index contributed by atoms with van der Waals surface area (Å²) in [4.78, 5) is 22.2. The van der Waals surface area contributed by atoms with E-state index in [-0.39, 0.29) is 11.9 Å². The van der Waals surface area contributed by atoms with Crippen LogP contribution in [0.5, 0.6) is 0 Å². The molecule has 1 aliphatic rings. The highest BCUT2D eigenvalue weighted by molar-refractivity contribution is 6.29. The molecule has 0 bridgehead atoms. The van der Waals surface area contributed by atoms with Gasteiger partial charge in [-0.2, -0.15) is 0 Å². The number of hydrogen-bond donors (Lipinski definition) is 1. The summed E-state index contributed by atoms with van der Waals surface area (Å²) < 4.78 is 0. The van der Waals surface area contributed by atoms with Crippen LogP contribution in [0.25, 0.3) is 0 Å². The van der Waals surface area contributed by atoms with E-state index in [0.29, 0.717) is 16.9 Å². The Morgan fingerprint density at radius 1 is 1.37 bits per heavy atom. The quantitative estimate of drug-likeness (QED) is 0.917. The molecule has 0 unspecified atom stereocenters. The molecule has 1 aliphatic heterocycles. The minimum Gasteiger partial charge on any atom is -0.348 e. The number of rotatable bonds is 3. The van der Waals surface area contributed by atoms with Gasteiger partial charge in [-0.3, -0.25) is 4.79 Å². The van der Waals surface area contributed by atoms with Gasteiger partial charge in [-0.05, 0) is 26.7 Å². The lowest BCUT2D eigenvalue weighted by atomic mass is 10.0. The summed E-state index contributed by atoms with van der Waals surface area (Å²) in [5.41, 5.74) is 0.315. The van der Waals surface area contributed by atoms with Gasteiger partial charge < -0.3 is 10.2 Å². The van der Waals surface area contributed by atoms with E-state index in [1.807, 2.05) is 0 Å². The minimum atomic E-state index is -0.174. The molecular formula is C13H19ClN4O. The van der Waals surface area contributed by atoms with E-state index in [9.17, 15) is 4.79 Å². The summed E-state index contributed by atoms with van der Waals surface area (Å²) in [6.07, 6.45) is 4.74. The zero-order valence-electron chi connectivity index (χ0n) is 11.3. The first-order valence-electron chi connectivity index (χ1n) is 6.58. The number of hydrogen-bond acceptors (Lipinski definition) is 4. The molecule has 5 nitrogen and oxygen atoms in total. The van der Waals surface area contributed by atoms with Crippen molar-refractivity contribution in [1.82, 2.24) is 20.2 Å². The van der Waals surface area contributed by atoms with E-state index in [4.69, 9.17) is 11.6 Å². The maximum Gasteiger partial charge on any atom is 0.271 e. The Balaban J connectivity index is 1.85. The molecule has 104 valence electrons. The second-order valence-electron chi connectivity index (χ2n) is 5.10. The summed E-state index contributed by atoms with van der Waals surface area (Å²) in [6.45, 7) is 6.44. The molecule has 0 radical (unpaired) electrons. The summed E-state index contributed by atoms with van der Waals surface area (Å²) in [5.74, 6) is -0.174. The number of carbonyl (C=O) groups is 1. The van der Waals surface area contributed by atoms with E-state index in [2.05, 4.69) is 34.0 Å². The molecule has 1 fully saturated rings. The van der Waals surface area contributed by atoms with Gasteiger partial charge in [-0.15, -0.1) is 0 Å². The van der Waals surface area contributed by atoms with Crippen molar-refractivity contribution in [2.24, 2.45) is 0 Å². The number of amides is 1. The van der Waals surface area contributed by atoms with Crippen molar-refractivity contribution >= 4 is 17.5 Å². The molecule has 0 spiro atoms. The number of halogens is 1. The van der Waals surface area contributed by atoms with Gasteiger partial charge in [0.1, 0.15) is 10.8 Å². The van der Waals surface area contributed by atoms with Crippen molar-refractivity contribution < 1.29 is 4.79 Å². The summed E-state index contributed by atoms with van der Waals surface area (Å²) in [5, 5.41) is 3.30. The van der Waals surface area contributed by atoms with Crippen molar-refractivity contribution in [2.45, 2.75) is 38.8 Å². The molecule has 2 rings (SSSR count). The number of carbonyl (C=O) groups excluding carboxylic acids is 1. The molecule has 19 heavy (non-hydrogen) atoms. The van der Waals surface area contributed by atoms with Gasteiger partial charge in [0.05, 0.1) is 12.4 Å². The molecule has 1 aromatic heterocycles. The van der Waals surface area contributed by atoms with E-state index in [1.165, 1.54) is 12.4 Å². The van der Waals surface area contributed by atoms with Crippen LogP contribution in [0.1, 0.15) is 37.2 Å². The minimum absolute atomic E-state index is 0.174. The van der Waals surface area contributed by atoms with E-state index in [1.54, 1.807) is 0 Å². The van der Waals surface area contributed by atoms with Crippen LogP contribution in [0.15, 0.2) is 12.4 Å². The van der Waals surface area contributed by atoms with Crippen molar-refractivity contribution in [3.63, 3.8) is 0 Å². The molecule has 1 saturated heterocycles. The second-order valence-corrected chi connectivity index (χ2v) is 5.49. The molecule has 1 N–H and O–H groups in total. The third kappa shape index (κ3) is 3.88. The fourth-order valence-electron chi connectivity index (χ4n) is 2.25. The molecule has 0 saturated carbocycles. The molecule has 6 heteroatoms. The van der Waals surface area contributed by atoms with Crippen molar-refractivity contribution in [3.8, 4) is 0 Å². The van der Waals surface area contributed by atoms with Crippen molar-refractivity contribution in [2.75, 3.05) is 13.1 Å². The van der Waals surface area contributed by atoms with Crippen LogP contribution in [0.2, 0.25) is 5.15 Å². The largest absolute Gasteiger partial charge is 0.348 e. The van der Waals surface area contributed by atoms with Crippen LogP contribution >= 0.6 is 11.6 Å². The third-order valence-corrected chi connectivity index (χ3v) is 3.64. The van der Waals surface area contributed by atoms with Gasteiger partial charge in [0.2, 0.25) is 0 Å². The molecule has 2 heterocycles. The van der Waals surface area contributed by atoms with Crippen LogP contribution < -0.4 is 5.32 Å². The molecule has 1 aromatic rings. The number of piperidine rings is 1. The standard InChI is InChI=1S/C13H19ClN4O/c1-9(2)18-5-3-10(4-6-18)17-13(19)11-7-16-12(14)8-15-11/h7-10H,3-6H2,1-2H3,(H,17,19). The van der Waals surface area contributed by atoms with Crippen molar-refractivity contribution in [1.29, 1.82) is 0 Å². The zero-order valence-corrected chi connectivity index (χ0v) is 12.0. The van der Waals surface area contributed by atoms with Gasteiger partial charge >= 0.3 is 0 Å². The lowest BCUT2D eigenvalue weighted by molar-refractivity contribution is 0.0895. The Labute approximate surface area is 118 Å². The monoisotopic (exact) mass is 282 g/mol. The van der Waals surface area contributed by atoms with Crippen LogP contribution in [0.3, 0.4) is 0 Å². The van der Waals surface area contributed by atoms with Gasteiger partial charge in [0.15, 0.2) is 0 Å². The topological polar surface area (TPSA) is 58.1 Å². The SMILES string of the molecule is CC(C)N1CCC(NC(=O)c2cnc(Cl)cn2)CC1. The zero-order chi connectivity index (χ0) is 13.8. The maximum atomic E-state index is 12.0. The van der Waals surface area contributed by atoms with Gasteiger partial charge in [-0.1, -0.05) is 11.6 Å². The van der Waals surface area contributed by atoms with Crippen LogP contribution in [0, 0.1) is 0 Å². The van der Waals surface area contributed by atoms with Crippen molar-refractivity contribution in [3.05, 3.63) is 23.2 Å². The number of nitrogens with zero attached hydrogens (tertiary/aromatic N) is 3. The smallest absolute Gasteiger partial charge is 0.271 e. The van der Waals surface area contributed by atoms with E-state index >= 15 is 0 Å². The fraction of sp³-hybridized carbons (Fsp3) is 0.615. The first-order chi connectivity index (χ1) is 9.06. The third-order valence-electron chi connectivity index (χ3n) is 3.45. The summed E-state index contributed by atoms with van der Waals surface area (Å²) >= 11 is 5.64. The van der Waals surface area contributed by atoms with Gasteiger partial charge in [0.25, 0.3) is 5.91 Å². The highest BCUT2D eigenvalue weighted by Gasteiger charge is 2.22. The van der Waals surface area contributed by atoms with Gasteiger partial charge in [0, 0.05) is 25.2 Å². The number of likely N-dealkylation sites (tertiary alicyclic amines) is 1. The average Bonchev–Trinajstić information content (AvgIpc) is 2.40. The fourth-order valence-corrected chi connectivity index (χ4v) is 2.35. The first kappa shape index (κ1) is 14.2. The predicted molar refractivity (Wildman–Crippen MR) is 74.2 cm³/mol. The Kier molecular flexibility index (Phi) is 4.71.